The summed E-state index contributed by atoms with van der Waals surface area (Å²) in [6.07, 6.45) is -11.8. The number of rotatable bonds is 5. The molecule has 2 aromatic rings. The Labute approximate surface area is 249 Å². The molecule has 0 aromatic heterocycles. The van der Waals surface area contributed by atoms with E-state index in [1.165, 1.54) is 29.2 Å². The Morgan fingerprint density at radius 1 is 0.841 bits per heavy atom. The summed E-state index contributed by atoms with van der Waals surface area (Å²) in [5.41, 5.74) is -7.59. The van der Waals surface area contributed by atoms with Gasteiger partial charge in [0, 0.05) is 18.0 Å². The van der Waals surface area contributed by atoms with Gasteiger partial charge in [0.25, 0.3) is 0 Å². The third kappa shape index (κ3) is 4.87. The second-order valence-corrected chi connectivity index (χ2v) is 14.0. The second-order valence-electron chi connectivity index (χ2n) is 11.8. The molecule has 1 aliphatic heterocycles. The number of carbonyl (C=O) groups excluding carboxylic acids is 1. The Morgan fingerprint density at radius 2 is 1.43 bits per heavy atom. The molecule has 1 saturated heterocycles. The first-order valence-corrected chi connectivity index (χ1v) is 15.7. The van der Waals surface area contributed by atoms with E-state index in [1.807, 2.05) is 0 Å². The van der Waals surface area contributed by atoms with Crippen LogP contribution in [0, 0.1) is 11.8 Å². The molecule has 2 aliphatic carbocycles. The van der Waals surface area contributed by atoms with E-state index in [2.05, 4.69) is 0 Å². The zero-order chi connectivity index (χ0) is 32.3. The maximum atomic E-state index is 15.0. The van der Waals surface area contributed by atoms with Crippen LogP contribution in [0.3, 0.4) is 0 Å². The highest BCUT2D eigenvalue weighted by molar-refractivity contribution is 7.92. The molecule has 6 nitrogen and oxygen atoms in total. The average molecular weight is 650 g/mol. The van der Waals surface area contributed by atoms with Crippen molar-refractivity contribution in [1.82, 2.24) is 4.90 Å². The van der Waals surface area contributed by atoms with Gasteiger partial charge in [-0.3, -0.25) is 9.59 Å². The van der Waals surface area contributed by atoms with E-state index in [9.17, 15) is 49.5 Å². The number of carboxylic acids is 1. The zero-order valence-electron chi connectivity index (χ0n) is 23.3. The third-order valence-electron chi connectivity index (χ3n) is 9.53. The molecule has 2 aromatic carbocycles. The summed E-state index contributed by atoms with van der Waals surface area (Å²) in [5.74, 6) is -2.47. The molecular weight excluding hydrogens is 619 g/mol. The number of alkyl halides is 7. The monoisotopic (exact) mass is 649 g/mol. The molecule has 1 amide bonds. The number of benzene rings is 2. The van der Waals surface area contributed by atoms with Crippen molar-refractivity contribution in [2.75, 3.05) is 6.54 Å². The number of carboxylic acid groups (broad SMARTS) is 1. The molecule has 240 valence electrons. The molecular formula is C30H30F7NO5S. The van der Waals surface area contributed by atoms with E-state index in [4.69, 9.17) is 0 Å². The van der Waals surface area contributed by atoms with Gasteiger partial charge in [0.15, 0.2) is 9.84 Å². The van der Waals surface area contributed by atoms with Crippen molar-refractivity contribution in [2.45, 2.75) is 85.1 Å². The number of amides is 1. The molecule has 44 heavy (non-hydrogen) atoms. The van der Waals surface area contributed by atoms with E-state index in [0.717, 1.165) is 6.07 Å². The van der Waals surface area contributed by atoms with Crippen molar-refractivity contribution in [3.63, 3.8) is 0 Å². The molecule has 2 fully saturated rings. The molecule has 5 rings (SSSR count). The Morgan fingerprint density at radius 3 is 2.00 bits per heavy atom. The fourth-order valence-corrected chi connectivity index (χ4v) is 9.79. The predicted molar refractivity (Wildman–Crippen MR) is 143 cm³/mol. The van der Waals surface area contributed by atoms with Crippen LogP contribution in [0.15, 0.2) is 53.4 Å². The summed E-state index contributed by atoms with van der Waals surface area (Å²) in [4.78, 5) is 26.6. The van der Waals surface area contributed by atoms with Gasteiger partial charge in [0.1, 0.15) is 4.75 Å². The minimum Gasteiger partial charge on any atom is -0.481 e. The summed E-state index contributed by atoms with van der Waals surface area (Å²) in [5, 5.41) is 9.34. The quantitative estimate of drug-likeness (QED) is 0.375. The number of nitrogens with zero attached hydrogens (tertiary/aromatic N) is 1. The van der Waals surface area contributed by atoms with Crippen LogP contribution in [0.1, 0.15) is 61.6 Å². The number of fused-ring (bicyclic) bond motifs is 3. The van der Waals surface area contributed by atoms with Gasteiger partial charge >= 0.3 is 24.0 Å². The minimum atomic E-state index is -6.34. The van der Waals surface area contributed by atoms with Gasteiger partial charge in [-0.2, -0.15) is 26.3 Å². The molecule has 0 spiro atoms. The molecule has 1 N–H and O–H groups in total. The van der Waals surface area contributed by atoms with Crippen molar-refractivity contribution in [3.05, 3.63) is 65.2 Å². The number of aryl methyl sites for hydroxylation is 1. The number of sulfone groups is 1. The van der Waals surface area contributed by atoms with Crippen LogP contribution in [-0.4, -0.2) is 55.2 Å². The number of carbonyl (C=O) groups is 2. The van der Waals surface area contributed by atoms with Crippen LogP contribution in [0.25, 0.3) is 0 Å². The van der Waals surface area contributed by atoms with E-state index < -0.39 is 62.0 Å². The fraction of sp³-hybridized carbons (Fsp3) is 0.533. The topological polar surface area (TPSA) is 91.8 Å². The van der Waals surface area contributed by atoms with Gasteiger partial charge in [0.2, 0.25) is 5.91 Å². The summed E-state index contributed by atoms with van der Waals surface area (Å²) >= 11 is 0. The summed E-state index contributed by atoms with van der Waals surface area (Å²) in [7, 11) is -4.43. The van der Waals surface area contributed by atoms with Crippen molar-refractivity contribution < 1.29 is 53.8 Å². The Bertz CT molecular complexity index is 1520. The van der Waals surface area contributed by atoms with Crippen LogP contribution in [-0.2, 0) is 36.3 Å². The maximum absolute atomic E-state index is 15.0. The van der Waals surface area contributed by atoms with Crippen LogP contribution in [0.2, 0.25) is 0 Å². The van der Waals surface area contributed by atoms with Gasteiger partial charge in [0.05, 0.1) is 16.9 Å². The van der Waals surface area contributed by atoms with E-state index in [-0.39, 0.29) is 79.8 Å². The first-order chi connectivity index (χ1) is 20.5. The van der Waals surface area contributed by atoms with Gasteiger partial charge in [-0.25, -0.2) is 12.8 Å². The highest BCUT2D eigenvalue weighted by atomic mass is 32.2. The highest BCUT2D eigenvalue weighted by Gasteiger charge is 2.73. The number of hydrogen-bond acceptors (Lipinski definition) is 4. The maximum Gasteiger partial charge on any atom is 0.435 e. The Balaban J connectivity index is 1.64. The minimum absolute atomic E-state index is 0.0554. The summed E-state index contributed by atoms with van der Waals surface area (Å²) in [6, 6.07) is 7.83. The summed E-state index contributed by atoms with van der Waals surface area (Å²) < 4.78 is 124. The number of hydrogen-bond donors (Lipinski definition) is 1. The molecule has 2 unspecified atom stereocenters. The van der Waals surface area contributed by atoms with E-state index in [1.54, 1.807) is 6.07 Å². The molecule has 3 aliphatic rings. The van der Waals surface area contributed by atoms with Gasteiger partial charge in [-0.1, -0.05) is 36.4 Å². The standard InChI is InChI=1S/C30H30F7NO5S/c31-28(29(32,33)34,30(35,36)37)21-12-13-23-20(17-21)11-14-24-27(23,44(42,43)22-5-2-1-3-6-22)15-4-16-38(24)25(39)18-7-9-19(10-8-18)26(40)41/h1-3,5-6,12-13,17-19,24H,4,7-11,14-16H2,(H,40,41). The Hall–Kier alpha value is -3.16. The predicted octanol–water partition coefficient (Wildman–Crippen LogP) is 6.47. The highest BCUT2D eigenvalue weighted by Crippen LogP contribution is 2.56. The normalized spacial score (nSPS) is 26.4. The van der Waals surface area contributed by atoms with Crippen molar-refractivity contribution >= 4 is 21.7 Å². The van der Waals surface area contributed by atoms with Crippen LogP contribution in [0.5, 0.6) is 0 Å². The van der Waals surface area contributed by atoms with Crippen LogP contribution < -0.4 is 0 Å². The third-order valence-corrected chi connectivity index (χ3v) is 12.1. The SMILES string of the molecule is O=C(O)C1CCC(C(=O)N2CCCC3(S(=O)(=O)c4ccccc4)c4ccc(C(F)(C(F)(F)F)C(F)(F)F)cc4CCC23)CC1. The molecule has 0 bridgehead atoms. The average Bonchev–Trinajstić information content (AvgIpc) is 2.98. The van der Waals surface area contributed by atoms with E-state index in [0.29, 0.717) is 12.1 Å². The second kappa shape index (κ2) is 11.0. The van der Waals surface area contributed by atoms with E-state index >= 15 is 4.39 Å². The lowest BCUT2D eigenvalue weighted by molar-refractivity contribution is -0.348. The molecule has 0 radical (unpaired) electrons. The lowest BCUT2D eigenvalue weighted by Gasteiger charge is -2.53. The number of halogens is 7. The summed E-state index contributed by atoms with van der Waals surface area (Å²) in [6.45, 7) is 0.178. The lowest BCUT2D eigenvalue weighted by atomic mass is 9.71. The van der Waals surface area contributed by atoms with Crippen LogP contribution >= 0.6 is 0 Å². The molecule has 14 heteroatoms. The first-order valence-electron chi connectivity index (χ1n) is 14.3. The van der Waals surface area contributed by atoms with Crippen LogP contribution in [0.4, 0.5) is 30.7 Å². The lowest BCUT2D eigenvalue weighted by Crippen LogP contribution is -2.62. The zero-order valence-corrected chi connectivity index (χ0v) is 24.1. The van der Waals surface area contributed by atoms with Gasteiger partial charge < -0.3 is 10.0 Å². The molecule has 2 atom stereocenters. The first kappa shape index (κ1) is 32.2. The molecule has 1 heterocycles. The number of piperidine rings is 1. The van der Waals surface area contributed by atoms with Crippen molar-refractivity contribution in [1.29, 1.82) is 0 Å². The Kier molecular flexibility index (Phi) is 8.08. The number of likely N-dealkylation sites (tertiary alicyclic amines) is 1. The smallest absolute Gasteiger partial charge is 0.435 e. The molecule has 1 saturated carbocycles. The van der Waals surface area contributed by atoms with Gasteiger partial charge in [-0.05, 0) is 74.6 Å². The number of aliphatic carboxylic acids is 1. The van der Waals surface area contributed by atoms with Gasteiger partial charge in [-0.15, -0.1) is 0 Å². The fourth-order valence-electron chi connectivity index (χ4n) is 7.35. The largest absolute Gasteiger partial charge is 0.481 e. The van der Waals surface area contributed by atoms with Crippen molar-refractivity contribution in [2.24, 2.45) is 11.8 Å². The van der Waals surface area contributed by atoms with Crippen molar-refractivity contribution in [3.8, 4) is 0 Å².